The summed E-state index contributed by atoms with van der Waals surface area (Å²) in [5.74, 6) is -0.491. The normalized spacial score (nSPS) is 13.1. The summed E-state index contributed by atoms with van der Waals surface area (Å²) in [6.07, 6.45) is 3.57. The van der Waals surface area contributed by atoms with Crippen LogP contribution in [0.25, 0.3) is 0 Å². The second kappa shape index (κ2) is 7.38. The Hall–Kier alpha value is -2.08. The molecule has 0 aliphatic rings. The van der Waals surface area contributed by atoms with E-state index in [1.54, 1.807) is 18.2 Å². The predicted molar refractivity (Wildman–Crippen MR) is 74.4 cm³/mol. The monoisotopic (exact) mass is 257 g/mol. The van der Waals surface area contributed by atoms with E-state index in [4.69, 9.17) is 4.74 Å². The third-order valence-corrected chi connectivity index (χ3v) is 2.99. The maximum atomic E-state index is 12.3. The molecule has 3 heteroatoms. The number of allylic oxidation sites excluding steroid dienone is 1. The number of nitrogens with zero attached hydrogens (tertiary/aromatic N) is 1. The minimum absolute atomic E-state index is 0.248. The van der Waals surface area contributed by atoms with Gasteiger partial charge in [0.15, 0.2) is 5.41 Å². The highest BCUT2D eigenvalue weighted by atomic mass is 16.5. The molecule has 0 aromatic heterocycles. The van der Waals surface area contributed by atoms with Crippen LogP contribution in [0, 0.1) is 11.3 Å². The van der Waals surface area contributed by atoms with Gasteiger partial charge >= 0.3 is 5.97 Å². The van der Waals surface area contributed by atoms with E-state index < -0.39 is 11.4 Å². The van der Waals surface area contributed by atoms with Crippen LogP contribution < -0.4 is 0 Å². The van der Waals surface area contributed by atoms with Gasteiger partial charge in [-0.25, -0.2) is 4.79 Å². The summed E-state index contributed by atoms with van der Waals surface area (Å²) in [6, 6.07) is 11.1. The zero-order valence-electron chi connectivity index (χ0n) is 11.3. The molecule has 0 amide bonds. The molecule has 1 aromatic carbocycles. The lowest BCUT2D eigenvalue weighted by Gasteiger charge is -2.23. The molecule has 0 heterocycles. The van der Waals surface area contributed by atoms with Crippen LogP contribution in [0.4, 0.5) is 0 Å². The molecule has 3 nitrogen and oxygen atoms in total. The predicted octanol–water partition coefficient (Wildman–Crippen LogP) is 3.37. The molecule has 0 unspecified atom stereocenters. The van der Waals surface area contributed by atoms with Crippen molar-refractivity contribution in [3.63, 3.8) is 0 Å². The number of unbranched alkanes of at least 4 members (excludes halogenated alkanes) is 1. The minimum atomic E-state index is -1.28. The Kier molecular flexibility index (Phi) is 5.81. The summed E-state index contributed by atoms with van der Waals surface area (Å²) >= 11 is 0. The fourth-order valence-electron chi connectivity index (χ4n) is 1.85. The molecule has 19 heavy (non-hydrogen) atoms. The Morgan fingerprint density at radius 2 is 2.16 bits per heavy atom. The molecule has 0 aliphatic carbocycles. The molecule has 0 radical (unpaired) electrons. The van der Waals surface area contributed by atoms with Gasteiger partial charge < -0.3 is 4.74 Å². The molecular weight excluding hydrogens is 238 g/mol. The Morgan fingerprint density at radius 1 is 1.47 bits per heavy atom. The van der Waals surface area contributed by atoms with E-state index in [2.05, 4.69) is 12.6 Å². The van der Waals surface area contributed by atoms with Crippen LogP contribution >= 0.6 is 0 Å². The number of rotatable bonds is 7. The first kappa shape index (κ1) is 15.0. The average molecular weight is 257 g/mol. The number of benzene rings is 1. The fraction of sp³-hybridized carbons (Fsp3) is 0.375. The van der Waals surface area contributed by atoms with Crippen molar-refractivity contribution in [1.82, 2.24) is 0 Å². The third-order valence-electron chi connectivity index (χ3n) is 2.99. The second-order valence-corrected chi connectivity index (χ2v) is 4.37. The van der Waals surface area contributed by atoms with Gasteiger partial charge in [0.05, 0.1) is 12.7 Å². The SMILES string of the molecule is C=CC[C@](C#N)(C(=O)OCCCC)c1ccccc1. The van der Waals surface area contributed by atoms with E-state index in [1.165, 1.54) is 0 Å². The molecule has 100 valence electrons. The van der Waals surface area contributed by atoms with Crippen LogP contribution in [-0.4, -0.2) is 12.6 Å². The number of esters is 1. The maximum absolute atomic E-state index is 12.3. The first-order valence-electron chi connectivity index (χ1n) is 6.46. The number of hydrogen-bond donors (Lipinski definition) is 0. The Labute approximate surface area is 114 Å². The number of carbonyl (C=O) groups is 1. The number of ether oxygens (including phenoxy) is 1. The molecular formula is C16H19NO2. The van der Waals surface area contributed by atoms with E-state index >= 15 is 0 Å². The van der Waals surface area contributed by atoms with Gasteiger partial charge in [-0.2, -0.15) is 5.26 Å². The summed E-state index contributed by atoms with van der Waals surface area (Å²) < 4.78 is 5.24. The van der Waals surface area contributed by atoms with Crippen molar-refractivity contribution in [3.8, 4) is 6.07 Å². The molecule has 0 saturated heterocycles. The number of hydrogen-bond acceptors (Lipinski definition) is 3. The summed E-state index contributed by atoms with van der Waals surface area (Å²) in [7, 11) is 0. The van der Waals surface area contributed by atoms with Crippen molar-refractivity contribution >= 4 is 5.97 Å². The third kappa shape index (κ3) is 3.45. The summed E-state index contributed by atoms with van der Waals surface area (Å²) in [5.41, 5.74) is -0.629. The topological polar surface area (TPSA) is 50.1 Å². The highest BCUT2D eigenvalue weighted by Crippen LogP contribution is 2.29. The van der Waals surface area contributed by atoms with Crippen molar-refractivity contribution < 1.29 is 9.53 Å². The molecule has 0 aliphatic heterocycles. The lowest BCUT2D eigenvalue weighted by Crippen LogP contribution is -2.36. The number of carbonyl (C=O) groups excluding carboxylic acids is 1. The zero-order valence-corrected chi connectivity index (χ0v) is 11.3. The van der Waals surface area contributed by atoms with E-state index in [1.807, 2.05) is 25.1 Å². The number of nitriles is 1. The fourth-order valence-corrected chi connectivity index (χ4v) is 1.85. The molecule has 0 saturated carbocycles. The Balaban J connectivity index is 3.03. The second-order valence-electron chi connectivity index (χ2n) is 4.37. The summed E-state index contributed by atoms with van der Waals surface area (Å²) in [4.78, 5) is 12.3. The van der Waals surface area contributed by atoms with Gasteiger partial charge in [-0.15, -0.1) is 6.58 Å². The Morgan fingerprint density at radius 3 is 2.68 bits per heavy atom. The van der Waals surface area contributed by atoms with Gasteiger partial charge in [0.2, 0.25) is 0 Å². The van der Waals surface area contributed by atoms with Gasteiger partial charge in [0.25, 0.3) is 0 Å². The average Bonchev–Trinajstić information content (AvgIpc) is 2.46. The standard InChI is InChI=1S/C16H19NO2/c1-3-5-12-19-15(18)16(13-17,11-4-2)14-9-7-6-8-10-14/h4,6-10H,2-3,5,11-12H2,1H3/t16-/m1/s1. The van der Waals surface area contributed by atoms with E-state index in [9.17, 15) is 10.1 Å². The highest BCUT2D eigenvalue weighted by Gasteiger charge is 2.41. The van der Waals surface area contributed by atoms with Crippen molar-refractivity contribution in [2.75, 3.05) is 6.61 Å². The molecule has 0 N–H and O–H groups in total. The van der Waals surface area contributed by atoms with Gasteiger partial charge in [0.1, 0.15) is 0 Å². The van der Waals surface area contributed by atoms with Gasteiger partial charge in [-0.3, -0.25) is 0 Å². The van der Waals surface area contributed by atoms with Crippen LogP contribution in [0.3, 0.4) is 0 Å². The van der Waals surface area contributed by atoms with Gasteiger partial charge in [0, 0.05) is 0 Å². The molecule has 0 spiro atoms. The smallest absolute Gasteiger partial charge is 0.331 e. The van der Waals surface area contributed by atoms with E-state index in [-0.39, 0.29) is 6.42 Å². The van der Waals surface area contributed by atoms with Gasteiger partial charge in [-0.05, 0) is 18.4 Å². The van der Waals surface area contributed by atoms with Crippen LogP contribution in [0.15, 0.2) is 43.0 Å². The molecule has 1 atom stereocenters. The molecule has 1 rings (SSSR count). The maximum Gasteiger partial charge on any atom is 0.331 e. The molecule has 1 aromatic rings. The first-order chi connectivity index (χ1) is 9.21. The van der Waals surface area contributed by atoms with Crippen molar-refractivity contribution in [1.29, 1.82) is 5.26 Å². The first-order valence-corrected chi connectivity index (χ1v) is 6.46. The summed E-state index contributed by atoms with van der Waals surface area (Å²) in [5, 5.41) is 9.49. The highest BCUT2D eigenvalue weighted by molar-refractivity contribution is 5.87. The Bertz CT molecular complexity index is 461. The van der Waals surface area contributed by atoms with E-state index in [0.29, 0.717) is 12.2 Å². The molecule has 0 fully saturated rings. The van der Waals surface area contributed by atoms with E-state index in [0.717, 1.165) is 12.8 Å². The quantitative estimate of drug-likeness (QED) is 0.427. The lowest BCUT2D eigenvalue weighted by atomic mass is 9.79. The summed E-state index contributed by atoms with van der Waals surface area (Å²) in [6.45, 7) is 6.01. The van der Waals surface area contributed by atoms with Crippen molar-refractivity contribution in [2.45, 2.75) is 31.6 Å². The largest absolute Gasteiger partial charge is 0.464 e. The van der Waals surface area contributed by atoms with Crippen LogP contribution in [0.1, 0.15) is 31.7 Å². The van der Waals surface area contributed by atoms with Crippen molar-refractivity contribution in [2.24, 2.45) is 0 Å². The van der Waals surface area contributed by atoms with Crippen LogP contribution in [-0.2, 0) is 14.9 Å². The lowest BCUT2D eigenvalue weighted by molar-refractivity contribution is -0.148. The zero-order chi connectivity index (χ0) is 14.1. The van der Waals surface area contributed by atoms with Crippen LogP contribution in [0.2, 0.25) is 0 Å². The molecule has 0 bridgehead atoms. The van der Waals surface area contributed by atoms with Crippen LogP contribution in [0.5, 0.6) is 0 Å². The van der Waals surface area contributed by atoms with Crippen molar-refractivity contribution in [3.05, 3.63) is 48.6 Å². The van der Waals surface area contributed by atoms with Gasteiger partial charge in [-0.1, -0.05) is 49.8 Å². The minimum Gasteiger partial charge on any atom is -0.464 e.